The van der Waals surface area contributed by atoms with Gasteiger partial charge in [-0.3, -0.25) is 4.21 Å². The Hall–Kier alpha value is 0.0700. The summed E-state index contributed by atoms with van der Waals surface area (Å²) in [5, 5.41) is 0. The fourth-order valence-corrected chi connectivity index (χ4v) is 2.61. The number of unbranched alkanes of at least 4 members (excludes halogenated alkanes) is 1. The number of ether oxygens (including phenoxy) is 2. The quantitative estimate of drug-likeness (QED) is 0.683. The molecule has 1 unspecified atom stereocenters. The van der Waals surface area contributed by atoms with E-state index in [9.17, 15) is 4.21 Å². The molecule has 0 N–H and O–H groups in total. The zero-order chi connectivity index (χ0) is 10.2. The van der Waals surface area contributed by atoms with E-state index in [1.165, 1.54) is 0 Å². The molecule has 1 aliphatic heterocycles. The third-order valence-electron chi connectivity index (χ3n) is 2.20. The smallest absolute Gasteiger partial charge is 0.158 e. The van der Waals surface area contributed by atoms with Crippen LogP contribution in [0.15, 0.2) is 0 Å². The normalized spacial score (nSPS) is 20.9. The number of hydrogen-bond donors (Lipinski definition) is 0. The summed E-state index contributed by atoms with van der Waals surface area (Å²) in [7, 11) is -0.682. The van der Waals surface area contributed by atoms with Crippen molar-refractivity contribution in [1.82, 2.24) is 0 Å². The van der Waals surface area contributed by atoms with Gasteiger partial charge < -0.3 is 9.47 Å². The van der Waals surface area contributed by atoms with E-state index in [0.717, 1.165) is 44.6 Å². The lowest BCUT2D eigenvalue weighted by atomic mass is 10.4. The van der Waals surface area contributed by atoms with Crippen molar-refractivity contribution in [3.8, 4) is 0 Å². The Kier molecular flexibility index (Phi) is 6.39. The van der Waals surface area contributed by atoms with Gasteiger partial charge in [-0.05, 0) is 12.8 Å². The Balaban J connectivity index is 2.03. The molecule has 0 radical (unpaired) electrons. The highest BCUT2D eigenvalue weighted by Crippen LogP contribution is 2.09. The van der Waals surface area contributed by atoms with Crippen LogP contribution in [0.25, 0.3) is 0 Å². The third kappa shape index (κ3) is 5.08. The van der Waals surface area contributed by atoms with Crippen molar-refractivity contribution in [2.45, 2.75) is 38.9 Å². The number of hydrogen-bond acceptors (Lipinski definition) is 3. The monoisotopic (exact) mass is 220 g/mol. The Morgan fingerprint density at radius 3 is 2.64 bits per heavy atom. The standard InChI is InChI=1S/C10H20O3S/c1-2-3-8-14(11)9-5-10-12-6-4-7-13-10/h10H,2-9H2,1H3. The first kappa shape index (κ1) is 12.1. The first-order valence-corrected chi connectivity index (χ1v) is 6.90. The van der Waals surface area contributed by atoms with Gasteiger partial charge in [0, 0.05) is 28.7 Å². The van der Waals surface area contributed by atoms with Gasteiger partial charge in [0.05, 0.1) is 13.2 Å². The minimum Gasteiger partial charge on any atom is -0.353 e. The van der Waals surface area contributed by atoms with E-state index in [2.05, 4.69) is 6.92 Å². The van der Waals surface area contributed by atoms with E-state index in [1.54, 1.807) is 0 Å². The molecule has 1 saturated heterocycles. The Morgan fingerprint density at radius 2 is 2.00 bits per heavy atom. The van der Waals surface area contributed by atoms with E-state index >= 15 is 0 Å². The SMILES string of the molecule is CCCCS(=O)CCC1OCCCO1. The zero-order valence-corrected chi connectivity index (χ0v) is 9.68. The maximum atomic E-state index is 11.4. The molecule has 14 heavy (non-hydrogen) atoms. The largest absolute Gasteiger partial charge is 0.353 e. The minimum atomic E-state index is -0.682. The van der Waals surface area contributed by atoms with Crippen LogP contribution in [0.5, 0.6) is 0 Å². The van der Waals surface area contributed by atoms with Crippen LogP contribution in [0.4, 0.5) is 0 Å². The lowest BCUT2D eigenvalue weighted by Crippen LogP contribution is -2.26. The summed E-state index contributed by atoms with van der Waals surface area (Å²) in [4.78, 5) is 0. The molecule has 1 heterocycles. The van der Waals surface area contributed by atoms with Gasteiger partial charge in [-0.1, -0.05) is 13.3 Å². The zero-order valence-electron chi connectivity index (χ0n) is 8.87. The van der Waals surface area contributed by atoms with Crippen molar-refractivity contribution in [3.05, 3.63) is 0 Å². The average molecular weight is 220 g/mol. The summed E-state index contributed by atoms with van der Waals surface area (Å²) < 4.78 is 22.2. The van der Waals surface area contributed by atoms with Crippen LogP contribution < -0.4 is 0 Å². The van der Waals surface area contributed by atoms with Crippen LogP contribution in [-0.2, 0) is 20.3 Å². The molecule has 1 atom stereocenters. The second-order valence-electron chi connectivity index (χ2n) is 3.51. The van der Waals surface area contributed by atoms with Crippen molar-refractivity contribution in [3.63, 3.8) is 0 Å². The number of rotatable bonds is 6. The van der Waals surface area contributed by atoms with E-state index in [-0.39, 0.29) is 6.29 Å². The summed E-state index contributed by atoms with van der Waals surface area (Å²) in [6, 6.07) is 0. The molecule has 84 valence electrons. The van der Waals surface area contributed by atoms with Crippen LogP contribution in [-0.4, -0.2) is 35.2 Å². The van der Waals surface area contributed by atoms with Crippen LogP contribution in [0.2, 0.25) is 0 Å². The van der Waals surface area contributed by atoms with Gasteiger partial charge in [-0.25, -0.2) is 0 Å². The fourth-order valence-electron chi connectivity index (χ4n) is 1.34. The highest BCUT2D eigenvalue weighted by Gasteiger charge is 2.14. The van der Waals surface area contributed by atoms with Gasteiger partial charge in [-0.15, -0.1) is 0 Å². The maximum absolute atomic E-state index is 11.4. The molecule has 1 fully saturated rings. The van der Waals surface area contributed by atoms with Gasteiger partial charge in [0.1, 0.15) is 0 Å². The lowest BCUT2D eigenvalue weighted by Gasteiger charge is -2.22. The molecule has 1 rings (SSSR count). The second kappa shape index (κ2) is 7.37. The minimum absolute atomic E-state index is 0.102. The molecule has 0 saturated carbocycles. The lowest BCUT2D eigenvalue weighted by molar-refractivity contribution is -0.178. The second-order valence-corrected chi connectivity index (χ2v) is 5.21. The summed E-state index contributed by atoms with van der Waals surface area (Å²) in [5.74, 6) is 1.54. The summed E-state index contributed by atoms with van der Waals surface area (Å²) in [6.45, 7) is 3.68. The predicted molar refractivity (Wildman–Crippen MR) is 57.7 cm³/mol. The summed E-state index contributed by atoms with van der Waals surface area (Å²) in [5.41, 5.74) is 0. The third-order valence-corrected chi connectivity index (χ3v) is 3.64. The summed E-state index contributed by atoms with van der Waals surface area (Å²) in [6.07, 6.45) is 3.82. The molecular weight excluding hydrogens is 200 g/mol. The Morgan fingerprint density at radius 1 is 1.29 bits per heavy atom. The molecule has 0 aromatic heterocycles. The van der Waals surface area contributed by atoms with Gasteiger partial charge in [0.25, 0.3) is 0 Å². The Bertz CT molecular complexity index is 167. The van der Waals surface area contributed by atoms with Crippen molar-refractivity contribution < 1.29 is 13.7 Å². The summed E-state index contributed by atoms with van der Waals surface area (Å²) >= 11 is 0. The molecule has 0 amide bonds. The Labute approximate surface area is 88.6 Å². The molecule has 0 bridgehead atoms. The van der Waals surface area contributed by atoms with Crippen molar-refractivity contribution in [1.29, 1.82) is 0 Å². The van der Waals surface area contributed by atoms with Crippen molar-refractivity contribution in [2.24, 2.45) is 0 Å². The van der Waals surface area contributed by atoms with E-state index in [0.29, 0.717) is 5.75 Å². The van der Waals surface area contributed by atoms with Gasteiger partial charge in [0.15, 0.2) is 6.29 Å². The van der Waals surface area contributed by atoms with Crippen LogP contribution >= 0.6 is 0 Å². The van der Waals surface area contributed by atoms with Crippen molar-refractivity contribution >= 4 is 10.8 Å². The average Bonchev–Trinajstić information content (AvgIpc) is 2.25. The highest BCUT2D eigenvalue weighted by atomic mass is 32.2. The van der Waals surface area contributed by atoms with E-state index < -0.39 is 10.8 Å². The molecule has 1 aliphatic rings. The van der Waals surface area contributed by atoms with E-state index in [4.69, 9.17) is 9.47 Å². The molecule has 0 aromatic carbocycles. The molecule has 0 aromatic rings. The maximum Gasteiger partial charge on any atom is 0.158 e. The van der Waals surface area contributed by atoms with Crippen LogP contribution in [0.3, 0.4) is 0 Å². The predicted octanol–water partition coefficient (Wildman–Crippen LogP) is 1.69. The fraction of sp³-hybridized carbons (Fsp3) is 1.00. The van der Waals surface area contributed by atoms with Gasteiger partial charge >= 0.3 is 0 Å². The molecule has 4 heteroatoms. The van der Waals surface area contributed by atoms with Crippen LogP contribution in [0.1, 0.15) is 32.6 Å². The van der Waals surface area contributed by atoms with Gasteiger partial charge in [0.2, 0.25) is 0 Å². The van der Waals surface area contributed by atoms with Crippen molar-refractivity contribution in [2.75, 3.05) is 24.7 Å². The van der Waals surface area contributed by atoms with E-state index in [1.807, 2.05) is 0 Å². The topological polar surface area (TPSA) is 35.5 Å². The first-order valence-electron chi connectivity index (χ1n) is 5.41. The molecular formula is C10H20O3S. The van der Waals surface area contributed by atoms with Gasteiger partial charge in [-0.2, -0.15) is 0 Å². The molecule has 0 spiro atoms. The highest BCUT2D eigenvalue weighted by molar-refractivity contribution is 7.84. The first-order chi connectivity index (χ1) is 6.83. The molecule has 3 nitrogen and oxygen atoms in total. The molecule has 0 aliphatic carbocycles. The van der Waals surface area contributed by atoms with Crippen LogP contribution in [0, 0.1) is 0 Å².